The summed E-state index contributed by atoms with van der Waals surface area (Å²) in [4.78, 5) is 37.0. The topological polar surface area (TPSA) is 122 Å². The number of nitrogens with one attached hydrogen (secondary N) is 1. The fraction of sp³-hybridized carbons (Fsp3) is 0.694. The third-order valence-electron chi connectivity index (χ3n) is 11.0. The van der Waals surface area contributed by atoms with Gasteiger partial charge in [-0.1, -0.05) is 0 Å². The minimum absolute atomic E-state index is 0.00848. The van der Waals surface area contributed by atoms with E-state index in [1.165, 1.54) is 10.7 Å². The van der Waals surface area contributed by atoms with Crippen LogP contribution in [0.4, 0.5) is 25.1 Å². The number of likely N-dealkylation sites (tertiary alicyclic amines) is 1. The van der Waals surface area contributed by atoms with Gasteiger partial charge >= 0.3 is 6.09 Å². The van der Waals surface area contributed by atoms with Crippen LogP contribution >= 0.6 is 0 Å². The van der Waals surface area contributed by atoms with Crippen LogP contribution in [0.3, 0.4) is 0 Å². The predicted octanol–water partition coefficient (Wildman–Crippen LogP) is 5.79. The Morgan fingerprint density at radius 3 is 2.53 bits per heavy atom. The second-order valence-corrected chi connectivity index (χ2v) is 15.9. The van der Waals surface area contributed by atoms with Gasteiger partial charge in [-0.15, -0.1) is 0 Å². The molecule has 1 saturated carbocycles. The van der Waals surface area contributed by atoms with E-state index in [2.05, 4.69) is 32.4 Å². The van der Waals surface area contributed by atoms with Crippen LogP contribution in [0.15, 0.2) is 24.7 Å². The highest BCUT2D eigenvalue weighted by molar-refractivity contribution is 6.08. The number of amides is 2. The maximum Gasteiger partial charge on any atom is 0.410 e. The first-order valence-electron chi connectivity index (χ1n) is 18.5. The molecule has 2 bridgehead atoms. The lowest BCUT2D eigenvalue weighted by atomic mass is 9.85. The summed E-state index contributed by atoms with van der Waals surface area (Å²) in [6.07, 6.45) is 9.57. The highest BCUT2D eigenvalue weighted by Crippen LogP contribution is 2.36. The van der Waals surface area contributed by atoms with E-state index >= 15 is 0 Å². The van der Waals surface area contributed by atoms with Gasteiger partial charge in [0, 0.05) is 38.6 Å². The molecule has 4 fully saturated rings. The fourth-order valence-corrected chi connectivity index (χ4v) is 8.16. The van der Waals surface area contributed by atoms with Gasteiger partial charge in [0.1, 0.15) is 17.0 Å². The van der Waals surface area contributed by atoms with E-state index in [9.17, 15) is 18.4 Å². The number of rotatable bonds is 10. The van der Waals surface area contributed by atoms with Crippen LogP contribution in [0.2, 0.25) is 0 Å². The van der Waals surface area contributed by atoms with Gasteiger partial charge in [0.2, 0.25) is 0 Å². The Morgan fingerprint density at radius 2 is 1.86 bits per heavy atom. The fourth-order valence-electron chi connectivity index (χ4n) is 8.16. The van der Waals surface area contributed by atoms with E-state index in [1.54, 1.807) is 17.1 Å². The summed E-state index contributed by atoms with van der Waals surface area (Å²) >= 11 is 0. The number of hydrogen-bond acceptors (Lipinski definition) is 9. The number of carbonyl (C=O) groups excluding carboxylic acids is 2. The first kappa shape index (κ1) is 35.5. The molecule has 3 saturated heterocycles. The molecule has 7 rings (SSSR count). The van der Waals surface area contributed by atoms with Crippen LogP contribution in [0, 0.1) is 11.8 Å². The number of anilines is 2. The van der Waals surface area contributed by atoms with Crippen molar-refractivity contribution in [2.45, 2.75) is 102 Å². The minimum atomic E-state index is -2.84. The van der Waals surface area contributed by atoms with E-state index in [1.807, 2.05) is 31.7 Å². The summed E-state index contributed by atoms with van der Waals surface area (Å²) in [5, 5.41) is 11.2. The molecule has 15 heteroatoms. The largest absolute Gasteiger partial charge is 0.444 e. The zero-order valence-electron chi connectivity index (χ0n) is 30.1. The number of carbonyl (C=O) groups is 2. The van der Waals surface area contributed by atoms with Crippen LogP contribution in [-0.2, 0) is 9.47 Å². The predicted molar refractivity (Wildman–Crippen MR) is 187 cm³/mol. The Hall–Kier alpha value is -3.85. The van der Waals surface area contributed by atoms with Gasteiger partial charge in [0.15, 0.2) is 11.3 Å². The number of nitrogens with zero attached hydrogens (tertiary/aromatic N) is 8. The zero-order valence-corrected chi connectivity index (χ0v) is 30.1. The van der Waals surface area contributed by atoms with E-state index in [-0.39, 0.29) is 35.5 Å². The number of piperidine rings is 1. The lowest BCUT2D eigenvalue weighted by Gasteiger charge is -2.35. The molecule has 6 heterocycles. The molecule has 278 valence electrons. The van der Waals surface area contributed by atoms with Crippen molar-refractivity contribution in [2.24, 2.45) is 11.8 Å². The average Bonchev–Trinajstić information content (AvgIpc) is 3.91. The van der Waals surface area contributed by atoms with Gasteiger partial charge in [-0.05, 0) is 104 Å². The molecule has 0 unspecified atom stereocenters. The summed E-state index contributed by atoms with van der Waals surface area (Å²) in [6.45, 7) is 10.6. The standard InChI is InChI=1S/C36H51F2N9O4/c1-36(2,3)51-35(49)44-14-10-23(11-15-44)9-13-43(4)19-24-5-7-25(8-6-24)47-21-29(31(42-47)32(37)38)40-34(48)28-18-39-46-16-12-30(41-33(28)46)45-20-27-17-26(45)22-50-27/h12,16,18,21,23-27,32H,5-11,13-15,17,19-20,22H2,1-4H3,(H,40,48)/t24?,25?,26-,27-/m1/s1. The van der Waals surface area contributed by atoms with Crippen molar-refractivity contribution in [3.63, 3.8) is 0 Å². The lowest BCUT2D eigenvalue weighted by molar-refractivity contribution is 0.0177. The third-order valence-corrected chi connectivity index (χ3v) is 11.0. The van der Waals surface area contributed by atoms with Crippen LogP contribution in [0.5, 0.6) is 0 Å². The number of morpholine rings is 1. The molecule has 1 N–H and O–H groups in total. The Balaban J connectivity index is 0.897. The summed E-state index contributed by atoms with van der Waals surface area (Å²) in [5.74, 6) is 1.32. The molecule has 2 amide bonds. The van der Waals surface area contributed by atoms with Crippen molar-refractivity contribution in [3.8, 4) is 0 Å². The van der Waals surface area contributed by atoms with E-state index < -0.39 is 23.6 Å². The minimum Gasteiger partial charge on any atom is -0.444 e. The second-order valence-electron chi connectivity index (χ2n) is 15.9. The van der Waals surface area contributed by atoms with Crippen LogP contribution in [-0.4, -0.2) is 110 Å². The first-order valence-corrected chi connectivity index (χ1v) is 18.5. The van der Waals surface area contributed by atoms with Gasteiger partial charge < -0.3 is 29.5 Å². The number of fused-ring (bicyclic) bond motifs is 3. The molecule has 3 aromatic rings. The summed E-state index contributed by atoms with van der Waals surface area (Å²) < 4.78 is 42.7. The maximum absolute atomic E-state index is 14.2. The Kier molecular flexibility index (Phi) is 10.2. The van der Waals surface area contributed by atoms with Crippen molar-refractivity contribution in [3.05, 3.63) is 35.9 Å². The zero-order chi connectivity index (χ0) is 35.9. The number of ether oxygens (including phenoxy) is 2. The number of hydrogen-bond donors (Lipinski definition) is 1. The Labute approximate surface area is 297 Å². The van der Waals surface area contributed by atoms with Crippen molar-refractivity contribution >= 4 is 29.2 Å². The number of aromatic nitrogens is 5. The Morgan fingerprint density at radius 1 is 1.10 bits per heavy atom. The quantitative estimate of drug-likeness (QED) is 0.278. The summed E-state index contributed by atoms with van der Waals surface area (Å²) in [7, 11) is 2.17. The molecule has 0 aromatic carbocycles. The van der Waals surface area contributed by atoms with Crippen molar-refractivity contribution in [1.82, 2.24) is 34.2 Å². The van der Waals surface area contributed by atoms with Crippen molar-refractivity contribution in [1.29, 1.82) is 0 Å². The smallest absolute Gasteiger partial charge is 0.410 e. The molecule has 0 radical (unpaired) electrons. The van der Waals surface area contributed by atoms with Crippen molar-refractivity contribution < 1.29 is 27.8 Å². The molecular formula is C36H51F2N9O4. The molecular weight excluding hydrogens is 660 g/mol. The Bertz CT molecular complexity index is 1690. The monoisotopic (exact) mass is 711 g/mol. The first-order chi connectivity index (χ1) is 24.4. The van der Waals surface area contributed by atoms with Crippen molar-refractivity contribution in [2.75, 3.05) is 56.6 Å². The molecule has 13 nitrogen and oxygen atoms in total. The normalized spacial score (nSPS) is 24.3. The van der Waals surface area contributed by atoms with Gasteiger partial charge in [0.05, 0.1) is 36.7 Å². The maximum atomic E-state index is 14.2. The van der Waals surface area contributed by atoms with Gasteiger partial charge in [-0.25, -0.2) is 23.1 Å². The van der Waals surface area contributed by atoms with Gasteiger partial charge in [-0.3, -0.25) is 9.48 Å². The second kappa shape index (κ2) is 14.6. The molecule has 0 spiro atoms. The van der Waals surface area contributed by atoms with Crippen LogP contribution < -0.4 is 10.2 Å². The van der Waals surface area contributed by atoms with Crippen LogP contribution in [0.25, 0.3) is 5.65 Å². The van der Waals surface area contributed by atoms with E-state index in [4.69, 9.17) is 14.5 Å². The lowest BCUT2D eigenvalue weighted by Crippen LogP contribution is -2.42. The van der Waals surface area contributed by atoms with Gasteiger partial charge in [-0.2, -0.15) is 10.2 Å². The highest BCUT2D eigenvalue weighted by atomic mass is 19.3. The van der Waals surface area contributed by atoms with E-state index in [0.717, 1.165) is 89.9 Å². The summed E-state index contributed by atoms with van der Waals surface area (Å²) in [5.41, 5.74) is -0.319. The third kappa shape index (κ3) is 8.14. The molecule has 3 aromatic heterocycles. The molecule has 2 atom stereocenters. The molecule has 51 heavy (non-hydrogen) atoms. The van der Waals surface area contributed by atoms with Gasteiger partial charge in [0.25, 0.3) is 12.3 Å². The van der Waals surface area contributed by atoms with E-state index in [0.29, 0.717) is 24.1 Å². The number of alkyl halides is 2. The summed E-state index contributed by atoms with van der Waals surface area (Å²) in [6, 6.07) is 2.12. The molecule has 4 aliphatic rings. The highest BCUT2D eigenvalue weighted by Gasteiger charge is 2.40. The average molecular weight is 712 g/mol. The SMILES string of the molecule is CN(CCC1CCN(C(=O)OC(C)(C)C)CC1)CC1CCC(n2cc(NC(=O)c3cnn4ccc(N5C[C@H]6C[C@@H]5CO6)nc34)c(C(F)F)n2)CC1. The van der Waals surface area contributed by atoms with Crippen LogP contribution in [0.1, 0.15) is 101 Å². The number of halogens is 2. The molecule has 3 aliphatic heterocycles. The molecule has 1 aliphatic carbocycles.